The summed E-state index contributed by atoms with van der Waals surface area (Å²) in [5.74, 6) is 0.888. The summed E-state index contributed by atoms with van der Waals surface area (Å²) in [6.07, 6.45) is 5.49. The Morgan fingerprint density at radius 3 is 2.82 bits per heavy atom. The highest BCUT2D eigenvalue weighted by Gasteiger charge is 2.19. The summed E-state index contributed by atoms with van der Waals surface area (Å²) >= 11 is 2.02. The van der Waals surface area contributed by atoms with Crippen molar-refractivity contribution >= 4 is 11.8 Å². The van der Waals surface area contributed by atoms with Crippen molar-refractivity contribution in [1.82, 2.24) is 0 Å². The molecule has 0 saturated heterocycles. The van der Waals surface area contributed by atoms with Gasteiger partial charge in [0.1, 0.15) is 0 Å². The fraction of sp³-hybridized carbons (Fsp3) is 0.600. The van der Waals surface area contributed by atoms with Crippen molar-refractivity contribution in [2.24, 2.45) is 5.92 Å². The Labute approximate surface area is 109 Å². The van der Waals surface area contributed by atoms with Crippen LogP contribution in [0.4, 0.5) is 0 Å². The van der Waals surface area contributed by atoms with Gasteiger partial charge in [-0.1, -0.05) is 25.8 Å². The van der Waals surface area contributed by atoms with E-state index < -0.39 is 0 Å². The quantitative estimate of drug-likeness (QED) is 0.869. The third kappa shape index (κ3) is 3.49. The molecule has 2 unspecified atom stereocenters. The molecule has 0 aliphatic heterocycles. The Morgan fingerprint density at radius 2 is 2.18 bits per heavy atom. The number of rotatable bonds is 3. The highest BCUT2D eigenvalue weighted by atomic mass is 32.2. The molecule has 1 aromatic carbocycles. The second kappa shape index (κ2) is 5.92. The van der Waals surface area contributed by atoms with Crippen LogP contribution in [0.1, 0.15) is 43.7 Å². The van der Waals surface area contributed by atoms with E-state index in [2.05, 4.69) is 32.0 Å². The van der Waals surface area contributed by atoms with E-state index in [9.17, 15) is 0 Å². The fourth-order valence-electron chi connectivity index (χ4n) is 2.60. The van der Waals surface area contributed by atoms with E-state index in [0.717, 1.165) is 16.7 Å². The molecule has 0 bridgehead atoms. The molecule has 1 aliphatic rings. The molecule has 0 spiro atoms. The predicted molar refractivity (Wildman–Crippen MR) is 74.4 cm³/mol. The SMILES string of the molecule is Cc1cc(SC2CCCC(C)C2)ccc1CO. The maximum atomic E-state index is 9.16. The van der Waals surface area contributed by atoms with E-state index in [-0.39, 0.29) is 6.61 Å². The number of benzene rings is 1. The van der Waals surface area contributed by atoms with Crippen molar-refractivity contribution in [3.63, 3.8) is 0 Å². The van der Waals surface area contributed by atoms with Crippen LogP contribution in [0.5, 0.6) is 0 Å². The molecule has 2 rings (SSSR count). The normalized spacial score (nSPS) is 24.9. The Morgan fingerprint density at radius 1 is 1.35 bits per heavy atom. The van der Waals surface area contributed by atoms with Gasteiger partial charge in [0.05, 0.1) is 6.61 Å². The highest BCUT2D eigenvalue weighted by Crippen LogP contribution is 2.36. The van der Waals surface area contributed by atoms with Crippen LogP contribution >= 0.6 is 11.8 Å². The third-order valence-electron chi connectivity index (χ3n) is 3.68. The molecule has 94 valence electrons. The number of aliphatic hydroxyl groups excluding tert-OH is 1. The smallest absolute Gasteiger partial charge is 0.0684 e. The number of thioether (sulfide) groups is 1. The van der Waals surface area contributed by atoms with Gasteiger partial charge < -0.3 is 5.11 Å². The molecule has 1 N–H and O–H groups in total. The van der Waals surface area contributed by atoms with Crippen molar-refractivity contribution < 1.29 is 5.11 Å². The summed E-state index contributed by atoms with van der Waals surface area (Å²) < 4.78 is 0. The van der Waals surface area contributed by atoms with Gasteiger partial charge in [-0.05, 0) is 48.9 Å². The largest absolute Gasteiger partial charge is 0.392 e. The third-order valence-corrected chi connectivity index (χ3v) is 4.96. The molecule has 1 nitrogen and oxygen atoms in total. The van der Waals surface area contributed by atoms with Gasteiger partial charge >= 0.3 is 0 Å². The van der Waals surface area contributed by atoms with Crippen molar-refractivity contribution in [2.45, 2.75) is 56.3 Å². The van der Waals surface area contributed by atoms with Gasteiger partial charge in [0.25, 0.3) is 0 Å². The van der Waals surface area contributed by atoms with Crippen molar-refractivity contribution in [3.05, 3.63) is 29.3 Å². The number of hydrogen-bond donors (Lipinski definition) is 1. The molecule has 1 aromatic rings. The van der Waals surface area contributed by atoms with Crippen LogP contribution < -0.4 is 0 Å². The van der Waals surface area contributed by atoms with Crippen LogP contribution in [-0.4, -0.2) is 10.4 Å². The first kappa shape index (κ1) is 13.0. The predicted octanol–water partition coefficient (Wildman–Crippen LogP) is 4.16. The van der Waals surface area contributed by atoms with Crippen LogP contribution in [0.3, 0.4) is 0 Å². The molecule has 17 heavy (non-hydrogen) atoms. The lowest BCUT2D eigenvalue weighted by molar-refractivity contribution is 0.281. The van der Waals surface area contributed by atoms with Crippen LogP contribution in [-0.2, 0) is 6.61 Å². The Balaban J connectivity index is 2.00. The van der Waals surface area contributed by atoms with E-state index in [1.165, 1.54) is 36.1 Å². The summed E-state index contributed by atoms with van der Waals surface area (Å²) in [6, 6.07) is 6.43. The lowest BCUT2D eigenvalue weighted by atomic mass is 9.91. The van der Waals surface area contributed by atoms with Crippen molar-refractivity contribution in [2.75, 3.05) is 0 Å². The number of hydrogen-bond acceptors (Lipinski definition) is 2. The molecule has 0 radical (unpaired) electrons. The maximum Gasteiger partial charge on any atom is 0.0684 e. The first-order chi connectivity index (χ1) is 8.19. The molecular weight excluding hydrogens is 228 g/mol. The van der Waals surface area contributed by atoms with Crippen molar-refractivity contribution in [1.29, 1.82) is 0 Å². The van der Waals surface area contributed by atoms with Crippen LogP contribution in [0.15, 0.2) is 23.1 Å². The lowest BCUT2D eigenvalue weighted by Gasteiger charge is -2.26. The van der Waals surface area contributed by atoms with Crippen LogP contribution in [0.25, 0.3) is 0 Å². The van der Waals surface area contributed by atoms with Gasteiger partial charge in [0.2, 0.25) is 0 Å². The molecule has 2 heteroatoms. The topological polar surface area (TPSA) is 20.2 Å². The van der Waals surface area contributed by atoms with Crippen molar-refractivity contribution in [3.8, 4) is 0 Å². The molecule has 2 atom stereocenters. The molecule has 1 fully saturated rings. The second-order valence-corrected chi connectivity index (χ2v) is 6.63. The summed E-state index contributed by atoms with van der Waals surface area (Å²) in [5.41, 5.74) is 2.26. The minimum atomic E-state index is 0.150. The molecule has 1 saturated carbocycles. The molecule has 0 aromatic heterocycles. The first-order valence-corrected chi connectivity index (χ1v) is 7.44. The van der Waals surface area contributed by atoms with E-state index in [1.54, 1.807) is 0 Å². The van der Waals surface area contributed by atoms with E-state index in [1.807, 2.05) is 11.8 Å². The van der Waals surface area contributed by atoms with Gasteiger partial charge in [-0.15, -0.1) is 11.8 Å². The van der Waals surface area contributed by atoms with Gasteiger partial charge in [0, 0.05) is 10.1 Å². The Kier molecular flexibility index (Phi) is 4.52. The average molecular weight is 250 g/mol. The van der Waals surface area contributed by atoms with Gasteiger partial charge in [-0.3, -0.25) is 0 Å². The average Bonchev–Trinajstić information content (AvgIpc) is 2.29. The summed E-state index contributed by atoms with van der Waals surface area (Å²) in [7, 11) is 0. The van der Waals surface area contributed by atoms with Gasteiger partial charge in [0.15, 0.2) is 0 Å². The zero-order chi connectivity index (χ0) is 12.3. The van der Waals surface area contributed by atoms with Crippen LogP contribution in [0, 0.1) is 12.8 Å². The minimum absolute atomic E-state index is 0.150. The molecule has 0 heterocycles. The van der Waals surface area contributed by atoms with E-state index in [0.29, 0.717) is 0 Å². The zero-order valence-electron chi connectivity index (χ0n) is 10.8. The van der Waals surface area contributed by atoms with Crippen LogP contribution in [0.2, 0.25) is 0 Å². The number of aliphatic hydroxyl groups is 1. The van der Waals surface area contributed by atoms with Gasteiger partial charge in [-0.25, -0.2) is 0 Å². The molecule has 0 amide bonds. The van der Waals surface area contributed by atoms with E-state index >= 15 is 0 Å². The second-order valence-electron chi connectivity index (χ2n) is 5.26. The highest BCUT2D eigenvalue weighted by molar-refractivity contribution is 8.00. The minimum Gasteiger partial charge on any atom is -0.392 e. The monoisotopic (exact) mass is 250 g/mol. The summed E-state index contributed by atoms with van der Waals surface area (Å²) in [5, 5.41) is 9.95. The Bertz CT molecular complexity index is 375. The summed E-state index contributed by atoms with van der Waals surface area (Å²) in [4.78, 5) is 1.36. The molecule has 1 aliphatic carbocycles. The lowest BCUT2D eigenvalue weighted by Crippen LogP contribution is -2.14. The summed E-state index contributed by atoms with van der Waals surface area (Å²) in [6.45, 7) is 4.60. The maximum absolute atomic E-state index is 9.16. The first-order valence-electron chi connectivity index (χ1n) is 6.56. The Hall–Kier alpha value is -0.470. The molecular formula is C15H22OS. The van der Waals surface area contributed by atoms with Gasteiger partial charge in [-0.2, -0.15) is 0 Å². The van der Waals surface area contributed by atoms with E-state index in [4.69, 9.17) is 5.11 Å². The zero-order valence-corrected chi connectivity index (χ0v) is 11.6. The fourth-order valence-corrected chi connectivity index (χ4v) is 4.08. The standard InChI is InChI=1S/C15H22OS/c1-11-4-3-5-14(8-11)17-15-7-6-13(10-16)12(2)9-15/h6-7,9,11,14,16H,3-5,8,10H2,1-2H3. The number of aryl methyl sites for hydroxylation is 1.